The summed E-state index contributed by atoms with van der Waals surface area (Å²) in [7, 11) is 0. The summed E-state index contributed by atoms with van der Waals surface area (Å²) in [5.41, 5.74) is 0. The van der Waals surface area contributed by atoms with Gasteiger partial charge in [0, 0.05) is 13.1 Å². The molecule has 1 aliphatic carbocycles. The van der Waals surface area contributed by atoms with E-state index in [4.69, 9.17) is 5.11 Å². The summed E-state index contributed by atoms with van der Waals surface area (Å²) in [6.45, 7) is 7.20. The monoisotopic (exact) mass is 270 g/mol. The molecule has 0 saturated heterocycles. The standard InChI is InChI=1S/C14H26N2O3/c1-4-16(9-11-6-5-7-11)14(19)15-12(13(17)18)8-10(2)3/h10-12H,4-9H2,1-3H3,(H,15,19)(H,17,18)/t12-/m1/s1. The first-order valence-corrected chi connectivity index (χ1v) is 7.22. The molecule has 2 N–H and O–H groups in total. The number of nitrogens with one attached hydrogen (secondary N) is 1. The molecule has 1 fully saturated rings. The van der Waals surface area contributed by atoms with E-state index < -0.39 is 12.0 Å². The van der Waals surface area contributed by atoms with Crippen molar-refractivity contribution in [2.45, 2.75) is 52.5 Å². The molecule has 5 nitrogen and oxygen atoms in total. The molecule has 0 bridgehead atoms. The number of carbonyl (C=O) groups excluding carboxylic acids is 1. The van der Waals surface area contributed by atoms with E-state index in [1.807, 2.05) is 20.8 Å². The summed E-state index contributed by atoms with van der Waals surface area (Å²) in [6, 6.07) is -1.04. The molecular weight excluding hydrogens is 244 g/mol. The minimum Gasteiger partial charge on any atom is -0.480 e. The third-order valence-corrected chi connectivity index (χ3v) is 3.68. The minimum atomic E-state index is -0.957. The Kier molecular flexibility index (Phi) is 6.12. The smallest absolute Gasteiger partial charge is 0.326 e. The Labute approximate surface area is 115 Å². The van der Waals surface area contributed by atoms with Crippen LogP contribution in [0.1, 0.15) is 46.5 Å². The highest BCUT2D eigenvalue weighted by Crippen LogP contribution is 2.27. The maximum absolute atomic E-state index is 12.1. The Morgan fingerprint density at radius 2 is 2.00 bits per heavy atom. The molecule has 0 aliphatic heterocycles. The lowest BCUT2D eigenvalue weighted by Crippen LogP contribution is -2.50. The van der Waals surface area contributed by atoms with E-state index in [-0.39, 0.29) is 11.9 Å². The van der Waals surface area contributed by atoms with Crippen molar-refractivity contribution in [2.75, 3.05) is 13.1 Å². The van der Waals surface area contributed by atoms with Gasteiger partial charge in [-0.05, 0) is 38.0 Å². The topological polar surface area (TPSA) is 69.6 Å². The van der Waals surface area contributed by atoms with Crippen LogP contribution < -0.4 is 5.32 Å². The van der Waals surface area contributed by atoms with Crippen LogP contribution >= 0.6 is 0 Å². The Morgan fingerprint density at radius 3 is 2.37 bits per heavy atom. The first-order chi connectivity index (χ1) is 8.93. The number of rotatable bonds is 7. The zero-order chi connectivity index (χ0) is 14.4. The van der Waals surface area contributed by atoms with Crippen LogP contribution in [0.25, 0.3) is 0 Å². The quantitative estimate of drug-likeness (QED) is 0.746. The van der Waals surface area contributed by atoms with Crippen molar-refractivity contribution in [3.05, 3.63) is 0 Å². The van der Waals surface area contributed by atoms with Gasteiger partial charge < -0.3 is 15.3 Å². The Bertz CT molecular complexity index is 314. The van der Waals surface area contributed by atoms with Crippen molar-refractivity contribution in [1.29, 1.82) is 0 Å². The van der Waals surface area contributed by atoms with Gasteiger partial charge in [0.1, 0.15) is 6.04 Å². The van der Waals surface area contributed by atoms with E-state index in [0.717, 1.165) is 6.54 Å². The zero-order valence-corrected chi connectivity index (χ0v) is 12.2. The molecule has 1 atom stereocenters. The molecule has 0 radical (unpaired) electrons. The van der Waals surface area contributed by atoms with Crippen LogP contribution in [0.2, 0.25) is 0 Å². The maximum atomic E-state index is 12.1. The van der Waals surface area contributed by atoms with Crippen LogP contribution in [0.15, 0.2) is 0 Å². The molecule has 1 rings (SSSR count). The van der Waals surface area contributed by atoms with Gasteiger partial charge in [-0.2, -0.15) is 0 Å². The molecule has 1 aliphatic rings. The van der Waals surface area contributed by atoms with E-state index in [2.05, 4.69) is 5.32 Å². The second-order valence-electron chi connectivity index (χ2n) is 5.81. The lowest BCUT2D eigenvalue weighted by molar-refractivity contribution is -0.139. The van der Waals surface area contributed by atoms with Crippen molar-refractivity contribution in [3.63, 3.8) is 0 Å². The minimum absolute atomic E-state index is 0.239. The largest absolute Gasteiger partial charge is 0.480 e. The number of nitrogens with zero attached hydrogens (tertiary/aromatic N) is 1. The van der Waals surface area contributed by atoms with Crippen molar-refractivity contribution < 1.29 is 14.7 Å². The van der Waals surface area contributed by atoms with E-state index in [9.17, 15) is 9.59 Å². The van der Waals surface area contributed by atoms with E-state index >= 15 is 0 Å². The molecule has 2 amide bonds. The Hall–Kier alpha value is -1.26. The van der Waals surface area contributed by atoms with Gasteiger partial charge in [0.05, 0.1) is 0 Å². The number of aliphatic carboxylic acids is 1. The number of carbonyl (C=O) groups is 2. The zero-order valence-electron chi connectivity index (χ0n) is 12.2. The van der Waals surface area contributed by atoms with Gasteiger partial charge in [0.25, 0.3) is 0 Å². The van der Waals surface area contributed by atoms with Crippen molar-refractivity contribution in [1.82, 2.24) is 10.2 Å². The summed E-state index contributed by atoms with van der Waals surface area (Å²) < 4.78 is 0. The first-order valence-electron chi connectivity index (χ1n) is 7.22. The fourth-order valence-corrected chi connectivity index (χ4v) is 2.28. The van der Waals surface area contributed by atoms with Gasteiger partial charge in [-0.15, -0.1) is 0 Å². The lowest BCUT2D eigenvalue weighted by atomic mass is 9.85. The molecule has 5 heteroatoms. The number of amides is 2. The lowest BCUT2D eigenvalue weighted by Gasteiger charge is -2.32. The average molecular weight is 270 g/mol. The van der Waals surface area contributed by atoms with Crippen LogP contribution in [0.4, 0.5) is 4.79 Å². The molecule has 0 unspecified atom stereocenters. The number of hydrogen-bond acceptors (Lipinski definition) is 2. The van der Waals surface area contributed by atoms with Gasteiger partial charge in [-0.3, -0.25) is 0 Å². The van der Waals surface area contributed by atoms with Crippen LogP contribution in [0.3, 0.4) is 0 Å². The van der Waals surface area contributed by atoms with Crippen LogP contribution in [-0.2, 0) is 4.79 Å². The average Bonchev–Trinajstić information content (AvgIpc) is 2.25. The molecule has 0 aromatic carbocycles. The SMILES string of the molecule is CCN(CC1CCC1)C(=O)N[C@H](CC(C)C)C(=O)O. The number of hydrogen-bond donors (Lipinski definition) is 2. The third-order valence-electron chi connectivity index (χ3n) is 3.68. The van der Waals surface area contributed by atoms with Crippen LogP contribution in [0.5, 0.6) is 0 Å². The first kappa shape index (κ1) is 15.8. The molecule has 0 heterocycles. The maximum Gasteiger partial charge on any atom is 0.326 e. The molecule has 1 saturated carbocycles. The highest BCUT2D eigenvalue weighted by molar-refractivity contribution is 5.82. The van der Waals surface area contributed by atoms with Gasteiger partial charge in [-0.25, -0.2) is 9.59 Å². The fraction of sp³-hybridized carbons (Fsp3) is 0.857. The van der Waals surface area contributed by atoms with Crippen LogP contribution in [0, 0.1) is 11.8 Å². The Morgan fingerprint density at radius 1 is 1.37 bits per heavy atom. The predicted octanol–water partition coefficient (Wildman–Crippen LogP) is 2.32. The van der Waals surface area contributed by atoms with E-state index in [0.29, 0.717) is 18.9 Å². The van der Waals surface area contributed by atoms with E-state index in [1.54, 1.807) is 4.90 Å². The van der Waals surface area contributed by atoms with Gasteiger partial charge >= 0.3 is 12.0 Å². The summed E-state index contributed by atoms with van der Waals surface area (Å²) in [6.07, 6.45) is 4.06. The fourth-order valence-electron chi connectivity index (χ4n) is 2.28. The van der Waals surface area contributed by atoms with Crippen molar-refractivity contribution in [2.24, 2.45) is 11.8 Å². The van der Waals surface area contributed by atoms with Gasteiger partial charge in [0.15, 0.2) is 0 Å². The van der Waals surface area contributed by atoms with Crippen LogP contribution in [-0.4, -0.2) is 41.1 Å². The molecule has 110 valence electrons. The Balaban J connectivity index is 2.50. The number of carboxylic acid groups (broad SMARTS) is 1. The normalized spacial score (nSPS) is 16.8. The molecular formula is C14H26N2O3. The summed E-state index contributed by atoms with van der Waals surface area (Å²) in [5.74, 6) is -0.121. The van der Waals surface area contributed by atoms with Crippen molar-refractivity contribution in [3.8, 4) is 0 Å². The summed E-state index contributed by atoms with van der Waals surface area (Å²) in [4.78, 5) is 25.0. The van der Waals surface area contributed by atoms with Gasteiger partial charge in [0.2, 0.25) is 0 Å². The second kappa shape index (κ2) is 7.36. The summed E-state index contributed by atoms with van der Waals surface area (Å²) in [5, 5.41) is 11.8. The number of carboxylic acids is 1. The highest BCUT2D eigenvalue weighted by atomic mass is 16.4. The highest BCUT2D eigenvalue weighted by Gasteiger charge is 2.26. The molecule has 0 aromatic rings. The number of urea groups is 1. The molecule has 0 spiro atoms. The predicted molar refractivity (Wildman–Crippen MR) is 74.0 cm³/mol. The second-order valence-corrected chi connectivity index (χ2v) is 5.81. The molecule has 19 heavy (non-hydrogen) atoms. The third kappa shape index (κ3) is 5.09. The molecule has 0 aromatic heterocycles. The van der Waals surface area contributed by atoms with Crippen molar-refractivity contribution >= 4 is 12.0 Å². The van der Waals surface area contributed by atoms with E-state index in [1.165, 1.54) is 19.3 Å². The van der Waals surface area contributed by atoms with Gasteiger partial charge in [-0.1, -0.05) is 20.3 Å². The summed E-state index contributed by atoms with van der Waals surface area (Å²) >= 11 is 0.